The highest BCUT2D eigenvalue weighted by molar-refractivity contribution is 6.01. The number of hydrogen-bond acceptors (Lipinski definition) is 5. The van der Waals surface area contributed by atoms with E-state index in [2.05, 4.69) is 15.0 Å². The minimum absolute atomic E-state index is 0.0140. The minimum atomic E-state index is -0.0140. The highest BCUT2D eigenvalue weighted by Gasteiger charge is 2.18. The largest absolute Gasteiger partial charge is 0.508 e. The van der Waals surface area contributed by atoms with Crippen LogP contribution in [0.2, 0.25) is 0 Å². The third-order valence-corrected chi connectivity index (χ3v) is 3.99. The number of nitrogens with zero attached hydrogens (tertiary/aromatic N) is 2. The Morgan fingerprint density at radius 2 is 1.64 bits per heavy atom. The molecule has 0 spiro atoms. The maximum Gasteiger partial charge on any atom is 0.213 e. The van der Waals surface area contributed by atoms with Crippen molar-refractivity contribution in [3.63, 3.8) is 0 Å². The van der Waals surface area contributed by atoms with Crippen LogP contribution in [0.3, 0.4) is 0 Å². The Balaban J connectivity index is 2.06. The van der Waals surface area contributed by atoms with Gasteiger partial charge in [0, 0.05) is 35.7 Å². The van der Waals surface area contributed by atoms with E-state index in [1.807, 2.05) is 18.2 Å². The average molecular weight is 333 g/mol. The molecule has 0 unspecified atom stereocenters. The molecule has 0 amide bonds. The first-order valence-corrected chi connectivity index (χ1v) is 7.66. The van der Waals surface area contributed by atoms with E-state index in [0.29, 0.717) is 11.4 Å². The maximum atomic E-state index is 9.85. The van der Waals surface area contributed by atoms with Gasteiger partial charge in [-0.2, -0.15) is 0 Å². The zero-order valence-electron chi connectivity index (χ0n) is 13.4. The van der Waals surface area contributed by atoms with Gasteiger partial charge in [-0.1, -0.05) is 0 Å². The zero-order chi connectivity index (χ0) is 17.4. The van der Waals surface area contributed by atoms with E-state index < -0.39 is 0 Å². The van der Waals surface area contributed by atoms with Crippen molar-refractivity contribution in [1.29, 1.82) is 0 Å². The van der Waals surface area contributed by atoms with Crippen molar-refractivity contribution in [3.8, 4) is 39.8 Å². The summed E-state index contributed by atoms with van der Waals surface area (Å²) in [6, 6.07) is 11.9. The van der Waals surface area contributed by atoms with Crippen molar-refractivity contribution in [1.82, 2.24) is 15.0 Å². The molecule has 0 aliphatic carbocycles. The molecule has 1 aromatic carbocycles. The number of ether oxygens (including phenoxy) is 1. The Labute approximate surface area is 143 Å². The summed E-state index contributed by atoms with van der Waals surface area (Å²) in [4.78, 5) is 12.0. The summed E-state index contributed by atoms with van der Waals surface area (Å²) in [6.07, 6.45) is 3.41. The number of nitrogens with one attached hydrogen (secondary N) is 1. The van der Waals surface area contributed by atoms with Crippen LogP contribution in [0.15, 0.2) is 54.9 Å². The molecule has 4 rings (SSSR count). The van der Waals surface area contributed by atoms with E-state index >= 15 is 0 Å². The normalized spacial score (nSPS) is 10.9. The summed E-state index contributed by atoms with van der Waals surface area (Å²) in [7, 11) is 1.57. The number of hydrogen-bond donors (Lipinski definition) is 3. The highest BCUT2D eigenvalue weighted by Crippen LogP contribution is 2.39. The topological polar surface area (TPSA) is 91.3 Å². The predicted octanol–water partition coefficient (Wildman–Crippen LogP) is 3.71. The van der Waals surface area contributed by atoms with E-state index in [-0.39, 0.29) is 11.5 Å². The van der Waals surface area contributed by atoms with Crippen molar-refractivity contribution in [2.24, 2.45) is 0 Å². The van der Waals surface area contributed by atoms with Crippen molar-refractivity contribution in [2.75, 3.05) is 7.11 Å². The van der Waals surface area contributed by atoms with Crippen molar-refractivity contribution in [2.45, 2.75) is 0 Å². The first kappa shape index (κ1) is 15.0. The van der Waals surface area contributed by atoms with E-state index in [1.54, 1.807) is 37.7 Å². The van der Waals surface area contributed by atoms with Crippen molar-refractivity contribution in [3.05, 3.63) is 54.9 Å². The second kappa shape index (κ2) is 5.83. The van der Waals surface area contributed by atoms with Gasteiger partial charge in [-0.25, -0.2) is 4.98 Å². The standard InChI is InChI=1S/C19H15N3O3/c1-25-16-3-2-15-19(22-16)17(11-4-6-20-7-5-11)18(21-15)12-8-13(23)10-14(24)9-12/h2-10,21,23-24H,1H3. The number of fused-ring (bicyclic) bond motifs is 1. The molecule has 0 fully saturated rings. The number of phenols is 2. The fraction of sp³-hybridized carbons (Fsp3) is 0.0526. The maximum absolute atomic E-state index is 9.85. The van der Waals surface area contributed by atoms with Gasteiger partial charge >= 0.3 is 0 Å². The molecule has 25 heavy (non-hydrogen) atoms. The molecule has 3 heterocycles. The second-order valence-corrected chi connectivity index (χ2v) is 5.60. The molecule has 6 heteroatoms. The number of phenolic OH excluding ortho intramolecular Hbond substituents is 2. The number of methoxy groups -OCH3 is 1. The lowest BCUT2D eigenvalue weighted by atomic mass is 10.0. The summed E-state index contributed by atoms with van der Waals surface area (Å²) < 4.78 is 5.25. The van der Waals surface area contributed by atoms with Gasteiger partial charge < -0.3 is 19.9 Å². The van der Waals surface area contributed by atoms with Gasteiger partial charge in [0.15, 0.2) is 0 Å². The molecule has 3 aromatic heterocycles. The van der Waals surface area contributed by atoms with Crippen LogP contribution < -0.4 is 4.74 Å². The highest BCUT2D eigenvalue weighted by atomic mass is 16.5. The van der Waals surface area contributed by atoms with Crippen molar-refractivity contribution >= 4 is 11.0 Å². The molecule has 0 bridgehead atoms. The van der Waals surface area contributed by atoms with E-state index in [1.165, 1.54) is 6.07 Å². The van der Waals surface area contributed by atoms with Gasteiger partial charge in [0.1, 0.15) is 17.0 Å². The molecule has 0 saturated carbocycles. The Morgan fingerprint density at radius 3 is 2.32 bits per heavy atom. The van der Waals surface area contributed by atoms with Crippen LogP contribution in [0.1, 0.15) is 0 Å². The van der Waals surface area contributed by atoms with Gasteiger partial charge in [-0.05, 0) is 35.9 Å². The fourth-order valence-corrected chi connectivity index (χ4v) is 2.92. The van der Waals surface area contributed by atoms with Crippen molar-refractivity contribution < 1.29 is 14.9 Å². The minimum Gasteiger partial charge on any atom is -0.508 e. The summed E-state index contributed by atoms with van der Waals surface area (Å²) in [5, 5.41) is 19.7. The Bertz CT molecular complexity index is 1040. The van der Waals surface area contributed by atoms with Gasteiger partial charge in [0.25, 0.3) is 0 Å². The number of aromatic nitrogens is 3. The first-order valence-electron chi connectivity index (χ1n) is 7.66. The number of H-pyrrole nitrogens is 1. The Kier molecular flexibility index (Phi) is 3.50. The van der Waals surface area contributed by atoms with Crippen LogP contribution in [-0.2, 0) is 0 Å². The number of benzene rings is 1. The molecule has 0 radical (unpaired) electrons. The van der Waals surface area contributed by atoms with Crippen LogP contribution in [0.5, 0.6) is 17.4 Å². The lowest BCUT2D eigenvalue weighted by Crippen LogP contribution is -1.88. The van der Waals surface area contributed by atoms with Gasteiger partial charge in [-0.15, -0.1) is 0 Å². The average Bonchev–Trinajstić information content (AvgIpc) is 3.00. The summed E-state index contributed by atoms with van der Waals surface area (Å²) in [5.41, 5.74) is 4.73. The summed E-state index contributed by atoms with van der Waals surface area (Å²) >= 11 is 0. The molecule has 0 aliphatic rings. The molecule has 0 atom stereocenters. The Morgan fingerprint density at radius 1 is 0.920 bits per heavy atom. The van der Waals surface area contributed by atoms with Gasteiger partial charge in [-0.3, -0.25) is 4.98 Å². The van der Waals surface area contributed by atoms with Crippen LogP contribution in [0, 0.1) is 0 Å². The van der Waals surface area contributed by atoms with Crippen LogP contribution in [0.4, 0.5) is 0 Å². The molecule has 0 saturated heterocycles. The number of rotatable bonds is 3. The summed E-state index contributed by atoms with van der Waals surface area (Å²) in [6.45, 7) is 0. The smallest absolute Gasteiger partial charge is 0.213 e. The molecular weight excluding hydrogens is 318 g/mol. The van der Waals surface area contributed by atoms with Gasteiger partial charge in [0.05, 0.1) is 18.3 Å². The Hall–Kier alpha value is -3.54. The monoisotopic (exact) mass is 333 g/mol. The molecule has 3 N–H and O–H groups in total. The lowest BCUT2D eigenvalue weighted by molar-refractivity contribution is 0.399. The molecule has 6 nitrogen and oxygen atoms in total. The van der Waals surface area contributed by atoms with Crippen LogP contribution in [0.25, 0.3) is 33.4 Å². The first-order chi connectivity index (χ1) is 12.2. The van der Waals surface area contributed by atoms with Crippen LogP contribution >= 0.6 is 0 Å². The number of aromatic hydroxyl groups is 2. The number of pyridine rings is 2. The molecule has 124 valence electrons. The van der Waals surface area contributed by atoms with E-state index in [0.717, 1.165) is 27.9 Å². The third kappa shape index (κ3) is 2.63. The molecule has 4 aromatic rings. The molecular formula is C19H15N3O3. The SMILES string of the molecule is COc1ccc2[nH]c(-c3cc(O)cc(O)c3)c(-c3ccncc3)c2n1. The third-order valence-electron chi connectivity index (χ3n) is 3.99. The fourth-order valence-electron chi connectivity index (χ4n) is 2.92. The quantitative estimate of drug-likeness (QED) is 0.531. The van der Waals surface area contributed by atoms with Gasteiger partial charge in [0.2, 0.25) is 5.88 Å². The van der Waals surface area contributed by atoms with E-state index in [9.17, 15) is 10.2 Å². The van der Waals surface area contributed by atoms with Crippen LogP contribution in [-0.4, -0.2) is 32.3 Å². The molecule has 0 aliphatic heterocycles. The second-order valence-electron chi connectivity index (χ2n) is 5.60. The summed E-state index contributed by atoms with van der Waals surface area (Å²) in [5.74, 6) is 0.479. The predicted molar refractivity (Wildman–Crippen MR) is 94.6 cm³/mol. The lowest BCUT2D eigenvalue weighted by Gasteiger charge is -2.07. The van der Waals surface area contributed by atoms with E-state index in [4.69, 9.17) is 4.74 Å². The zero-order valence-corrected chi connectivity index (χ0v) is 13.4. The number of aromatic amines is 1.